The van der Waals surface area contributed by atoms with Gasteiger partial charge in [0.25, 0.3) is 0 Å². The molecule has 7 heavy (non-hydrogen) atoms. The van der Waals surface area contributed by atoms with Crippen molar-refractivity contribution in [2.45, 2.75) is 18.9 Å². The van der Waals surface area contributed by atoms with Crippen LogP contribution >= 0.6 is 0 Å². The molecular weight excluding hydrogens is 90.1 g/mol. The van der Waals surface area contributed by atoms with Gasteiger partial charge in [-0.2, -0.15) is 0 Å². The maximum absolute atomic E-state index is 9.82. The summed E-state index contributed by atoms with van der Waals surface area (Å²) in [7, 11) is 0. The Hall–Kier alpha value is -0.370. The summed E-state index contributed by atoms with van der Waals surface area (Å²) in [6.07, 6.45) is 4.00. The largest absolute Gasteiger partial charge is 0.307 e. The predicted molar refractivity (Wildman–Crippen MR) is 26.7 cm³/mol. The second-order valence-electron chi connectivity index (χ2n) is 1.77. The molecular formula is C5H8NO. The van der Waals surface area contributed by atoms with Crippen molar-refractivity contribution in [3.05, 3.63) is 0 Å². The Kier molecular flexibility index (Phi) is 1.42. The standard InChI is InChI=1S/C5H8NO/c7-4-5-2-1-3-6-5/h5-6H,1-3H2. The quantitative estimate of drug-likeness (QED) is 0.494. The lowest BCUT2D eigenvalue weighted by molar-refractivity contribution is 0.534. The van der Waals surface area contributed by atoms with Crippen LogP contribution in [0.3, 0.4) is 0 Å². The molecule has 1 heterocycles. The molecule has 0 amide bonds. The average Bonchev–Trinajstić information content (AvgIpc) is 2.14. The van der Waals surface area contributed by atoms with Crippen LogP contribution in [0.15, 0.2) is 0 Å². The fourth-order valence-corrected chi connectivity index (χ4v) is 0.785. The van der Waals surface area contributed by atoms with E-state index in [0.717, 1.165) is 19.4 Å². The van der Waals surface area contributed by atoms with Gasteiger partial charge < -0.3 is 5.32 Å². The summed E-state index contributed by atoms with van der Waals surface area (Å²) in [4.78, 5) is 9.82. The molecule has 2 nitrogen and oxygen atoms in total. The Labute approximate surface area is 42.9 Å². The van der Waals surface area contributed by atoms with Crippen LogP contribution in [0.1, 0.15) is 12.8 Å². The number of nitrogens with one attached hydrogen (secondary N) is 1. The summed E-state index contributed by atoms with van der Waals surface area (Å²) in [6.45, 7) is 0.986. The Bertz CT molecular complexity index is 66.5. The normalized spacial score (nSPS) is 30.6. The van der Waals surface area contributed by atoms with Gasteiger partial charge in [0.05, 0.1) is 6.04 Å². The minimum Gasteiger partial charge on any atom is -0.307 e. The molecule has 1 fully saturated rings. The van der Waals surface area contributed by atoms with Gasteiger partial charge in [-0.05, 0) is 19.4 Å². The van der Waals surface area contributed by atoms with Gasteiger partial charge >= 0.3 is 0 Å². The number of rotatable bonds is 1. The van der Waals surface area contributed by atoms with Gasteiger partial charge in [0.1, 0.15) is 0 Å². The van der Waals surface area contributed by atoms with E-state index in [0.29, 0.717) is 0 Å². The molecule has 1 atom stereocenters. The highest BCUT2D eigenvalue weighted by Crippen LogP contribution is 2.00. The summed E-state index contributed by atoms with van der Waals surface area (Å²) in [5.74, 6) is 0. The van der Waals surface area contributed by atoms with Gasteiger partial charge in [-0.1, -0.05) is 0 Å². The van der Waals surface area contributed by atoms with E-state index < -0.39 is 0 Å². The number of carbonyl (C=O) groups excluding carboxylic acids is 1. The molecule has 1 saturated heterocycles. The van der Waals surface area contributed by atoms with Crippen LogP contribution in [0.4, 0.5) is 0 Å². The zero-order chi connectivity index (χ0) is 5.11. The van der Waals surface area contributed by atoms with E-state index in [2.05, 4.69) is 5.32 Å². The zero-order valence-corrected chi connectivity index (χ0v) is 4.11. The van der Waals surface area contributed by atoms with E-state index in [9.17, 15) is 4.79 Å². The first-order valence-corrected chi connectivity index (χ1v) is 2.54. The molecule has 0 aromatic heterocycles. The Morgan fingerprint density at radius 1 is 1.71 bits per heavy atom. The molecule has 0 aromatic carbocycles. The zero-order valence-electron chi connectivity index (χ0n) is 4.11. The smallest absolute Gasteiger partial charge is 0.216 e. The van der Waals surface area contributed by atoms with Crippen LogP contribution in [0, 0.1) is 0 Å². The molecule has 0 saturated carbocycles. The van der Waals surface area contributed by atoms with Crippen molar-refractivity contribution in [2.24, 2.45) is 0 Å². The van der Waals surface area contributed by atoms with Crippen LogP contribution < -0.4 is 5.32 Å². The molecule has 1 N–H and O–H groups in total. The van der Waals surface area contributed by atoms with Gasteiger partial charge in [-0.25, -0.2) is 0 Å². The topological polar surface area (TPSA) is 29.1 Å². The molecule has 2 heteroatoms. The van der Waals surface area contributed by atoms with Gasteiger partial charge in [0, 0.05) is 0 Å². The minimum atomic E-state index is 0.0417. The SMILES string of the molecule is O=[C]C1CCCN1. The summed E-state index contributed by atoms with van der Waals surface area (Å²) in [5, 5.41) is 2.98. The molecule has 1 rings (SSSR count). The third-order valence-corrected chi connectivity index (χ3v) is 1.20. The van der Waals surface area contributed by atoms with E-state index in [4.69, 9.17) is 0 Å². The molecule has 0 aromatic rings. The van der Waals surface area contributed by atoms with Crippen LogP contribution in [0.25, 0.3) is 0 Å². The van der Waals surface area contributed by atoms with E-state index in [1.807, 2.05) is 6.29 Å². The molecule has 1 radical (unpaired) electrons. The third kappa shape index (κ3) is 0.996. The highest BCUT2D eigenvalue weighted by molar-refractivity contribution is 5.58. The first-order chi connectivity index (χ1) is 3.43. The Morgan fingerprint density at radius 3 is 2.86 bits per heavy atom. The first kappa shape index (κ1) is 4.78. The lowest BCUT2D eigenvalue weighted by atomic mass is 10.2. The van der Waals surface area contributed by atoms with Crippen molar-refractivity contribution in [3.8, 4) is 0 Å². The highest BCUT2D eigenvalue weighted by Gasteiger charge is 2.11. The fraction of sp³-hybridized carbons (Fsp3) is 0.800. The fourth-order valence-electron chi connectivity index (χ4n) is 0.785. The van der Waals surface area contributed by atoms with Crippen molar-refractivity contribution in [2.75, 3.05) is 6.54 Å². The molecule has 1 aliphatic rings. The second-order valence-corrected chi connectivity index (χ2v) is 1.77. The minimum absolute atomic E-state index is 0.0417. The predicted octanol–water partition coefficient (Wildman–Crippen LogP) is -0.152. The van der Waals surface area contributed by atoms with E-state index >= 15 is 0 Å². The summed E-state index contributed by atoms with van der Waals surface area (Å²) in [6, 6.07) is 0.0417. The van der Waals surface area contributed by atoms with Gasteiger partial charge in [0.2, 0.25) is 6.29 Å². The van der Waals surface area contributed by atoms with E-state index in [-0.39, 0.29) is 6.04 Å². The van der Waals surface area contributed by atoms with Crippen molar-refractivity contribution in [1.29, 1.82) is 0 Å². The molecule has 0 aliphatic carbocycles. The maximum atomic E-state index is 9.82. The summed E-state index contributed by atoms with van der Waals surface area (Å²) < 4.78 is 0. The Morgan fingerprint density at radius 2 is 2.57 bits per heavy atom. The van der Waals surface area contributed by atoms with E-state index in [1.165, 1.54) is 0 Å². The molecule has 1 unspecified atom stereocenters. The van der Waals surface area contributed by atoms with Crippen LogP contribution in [0.5, 0.6) is 0 Å². The van der Waals surface area contributed by atoms with E-state index in [1.54, 1.807) is 0 Å². The number of hydrogen-bond acceptors (Lipinski definition) is 2. The Balaban J connectivity index is 2.26. The summed E-state index contributed by atoms with van der Waals surface area (Å²) in [5.41, 5.74) is 0. The van der Waals surface area contributed by atoms with Crippen LogP contribution in [0.2, 0.25) is 0 Å². The molecule has 1 aliphatic heterocycles. The lowest BCUT2D eigenvalue weighted by Crippen LogP contribution is -2.21. The summed E-state index contributed by atoms with van der Waals surface area (Å²) >= 11 is 0. The lowest BCUT2D eigenvalue weighted by Gasteiger charge is -1.92. The van der Waals surface area contributed by atoms with Crippen LogP contribution in [-0.2, 0) is 4.79 Å². The van der Waals surface area contributed by atoms with Crippen molar-refractivity contribution < 1.29 is 4.79 Å². The molecule has 0 spiro atoms. The van der Waals surface area contributed by atoms with Crippen molar-refractivity contribution in [3.63, 3.8) is 0 Å². The van der Waals surface area contributed by atoms with Gasteiger partial charge in [0.15, 0.2) is 0 Å². The van der Waals surface area contributed by atoms with Crippen molar-refractivity contribution >= 4 is 6.29 Å². The number of hydrogen-bond donors (Lipinski definition) is 1. The monoisotopic (exact) mass is 98.1 g/mol. The van der Waals surface area contributed by atoms with Gasteiger partial charge in [-0.15, -0.1) is 0 Å². The average molecular weight is 98.1 g/mol. The molecule has 0 bridgehead atoms. The maximum Gasteiger partial charge on any atom is 0.216 e. The third-order valence-electron chi connectivity index (χ3n) is 1.20. The van der Waals surface area contributed by atoms with Crippen molar-refractivity contribution in [1.82, 2.24) is 5.32 Å². The second kappa shape index (κ2) is 2.07. The van der Waals surface area contributed by atoms with Gasteiger partial charge in [-0.3, -0.25) is 4.79 Å². The highest BCUT2D eigenvalue weighted by atomic mass is 16.1. The van der Waals surface area contributed by atoms with Crippen LogP contribution in [-0.4, -0.2) is 18.9 Å². The molecule has 39 valence electrons. The first-order valence-electron chi connectivity index (χ1n) is 2.54.